The average Bonchev–Trinajstić information content (AvgIpc) is 2.61. The fraction of sp³-hybridized carbons (Fsp3) is 0.381. The Hall–Kier alpha value is -2.58. The van der Waals surface area contributed by atoms with Crippen LogP contribution in [0.15, 0.2) is 53.4 Å². The van der Waals surface area contributed by atoms with Gasteiger partial charge in [0.05, 0.1) is 0 Å². The highest BCUT2D eigenvalue weighted by Crippen LogP contribution is 2.20. The maximum absolute atomic E-state index is 12.4. The van der Waals surface area contributed by atoms with E-state index >= 15 is 0 Å². The van der Waals surface area contributed by atoms with Crippen LogP contribution in [0.4, 0.5) is 4.79 Å². The number of rotatable bonds is 7. The highest BCUT2D eigenvalue weighted by Gasteiger charge is 2.20. The Morgan fingerprint density at radius 3 is 2.14 bits per heavy atom. The van der Waals surface area contributed by atoms with Crippen molar-refractivity contribution in [3.63, 3.8) is 0 Å². The van der Waals surface area contributed by atoms with Crippen molar-refractivity contribution in [2.24, 2.45) is 0 Å². The zero-order chi connectivity index (χ0) is 21.7. The minimum absolute atomic E-state index is 0.0909. The molecule has 2 aromatic rings. The summed E-state index contributed by atoms with van der Waals surface area (Å²) in [7, 11) is -2.42. The largest absolute Gasteiger partial charge is 0.444 e. The van der Waals surface area contributed by atoms with Gasteiger partial charge >= 0.3 is 16.2 Å². The Balaban J connectivity index is 2.00. The van der Waals surface area contributed by atoms with Crippen molar-refractivity contribution in [1.82, 2.24) is 5.32 Å². The van der Waals surface area contributed by atoms with Crippen molar-refractivity contribution in [2.75, 3.05) is 7.11 Å². The third-order valence-electron chi connectivity index (χ3n) is 3.82. The number of ether oxygens (including phenoxy) is 2. The van der Waals surface area contributed by atoms with Gasteiger partial charge < -0.3 is 13.7 Å². The lowest BCUT2D eigenvalue weighted by molar-refractivity contribution is 0.0240. The molecule has 29 heavy (non-hydrogen) atoms. The van der Waals surface area contributed by atoms with E-state index in [9.17, 15) is 13.2 Å². The van der Waals surface area contributed by atoms with Gasteiger partial charge in [0.1, 0.15) is 22.5 Å². The van der Waals surface area contributed by atoms with Crippen LogP contribution in [0, 0.1) is 6.92 Å². The Labute approximate surface area is 172 Å². The van der Waals surface area contributed by atoms with Crippen LogP contribution in [0.1, 0.15) is 31.9 Å². The van der Waals surface area contributed by atoms with Crippen molar-refractivity contribution in [3.8, 4) is 5.75 Å². The van der Waals surface area contributed by atoms with Gasteiger partial charge in [-0.2, -0.15) is 8.42 Å². The molecule has 0 radical (unpaired) electrons. The molecule has 0 fully saturated rings. The number of nitrogens with one attached hydrogen (secondary N) is 1. The maximum atomic E-state index is 12.4. The van der Waals surface area contributed by atoms with E-state index in [0.29, 0.717) is 6.42 Å². The molecule has 0 aliphatic rings. The third-order valence-corrected chi connectivity index (χ3v) is 5.08. The Bertz CT molecular complexity index is 915. The van der Waals surface area contributed by atoms with E-state index in [1.165, 1.54) is 19.2 Å². The molecule has 0 aromatic heterocycles. The number of carbonyl (C=O) groups is 1. The molecule has 0 aliphatic heterocycles. The fourth-order valence-electron chi connectivity index (χ4n) is 2.41. The molecule has 7 nitrogen and oxygen atoms in total. The van der Waals surface area contributed by atoms with Crippen molar-refractivity contribution < 1.29 is 26.9 Å². The summed E-state index contributed by atoms with van der Waals surface area (Å²) in [4.78, 5) is 12.0. The smallest absolute Gasteiger partial charge is 0.409 e. The fourth-order valence-corrected chi connectivity index (χ4v) is 3.34. The molecule has 0 saturated heterocycles. The maximum Gasteiger partial charge on any atom is 0.409 e. The molecule has 0 aliphatic carbocycles. The number of carbonyl (C=O) groups excluding carboxylic acids is 1. The Kier molecular flexibility index (Phi) is 7.26. The second-order valence-electron chi connectivity index (χ2n) is 7.57. The number of hydrogen-bond donors (Lipinski definition) is 1. The van der Waals surface area contributed by atoms with Crippen molar-refractivity contribution >= 4 is 16.2 Å². The average molecular weight is 422 g/mol. The zero-order valence-corrected chi connectivity index (χ0v) is 18.1. The van der Waals surface area contributed by atoms with Gasteiger partial charge in [0, 0.05) is 13.5 Å². The predicted molar refractivity (Wildman–Crippen MR) is 109 cm³/mol. The monoisotopic (exact) mass is 421 g/mol. The quantitative estimate of drug-likeness (QED) is 0.540. The van der Waals surface area contributed by atoms with Crippen molar-refractivity contribution in [2.45, 2.75) is 50.8 Å². The molecule has 1 amide bonds. The number of alkyl carbamates (subject to hydrolysis) is 1. The van der Waals surface area contributed by atoms with Gasteiger partial charge in [-0.15, -0.1) is 0 Å². The summed E-state index contributed by atoms with van der Waals surface area (Å²) in [6.07, 6.45) is -0.790. The summed E-state index contributed by atoms with van der Waals surface area (Å²) >= 11 is 0. The van der Waals surface area contributed by atoms with Crippen molar-refractivity contribution in [1.29, 1.82) is 0 Å². The molecular formula is C21H27NO6S. The Morgan fingerprint density at radius 1 is 1.03 bits per heavy atom. The molecule has 2 aromatic carbocycles. The number of methoxy groups -OCH3 is 1. The first-order valence-electron chi connectivity index (χ1n) is 9.11. The van der Waals surface area contributed by atoms with E-state index in [2.05, 4.69) is 5.32 Å². The number of aryl methyl sites for hydroxylation is 1. The molecule has 1 unspecified atom stereocenters. The SMILES string of the molecule is COC(Cc1ccc(OS(=O)(=O)c2ccc(C)cc2)cc1)NC(=O)OC(C)(C)C. The van der Waals surface area contributed by atoms with E-state index in [1.807, 2.05) is 6.92 Å². The molecule has 0 spiro atoms. The van der Waals surface area contributed by atoms with Crippen molar-refractivity contribution in [3.05, 3.63) is 59.7 Å². The van der Waals surface area contributed by atoms with Gasteiger partial charge in [0.25, 0.3) is 0 Å². The standard InChI is InChI=1S/C21H27NO6S/c1-15-6-12-18(13-7-15)29(24,25)28-17-10-8-16(9-11-17)14-19(26-5)22-20(23)27-21(2,3)4/h6-13,19H,14H2,1-5H3,(H,22,23). The van der Waals surface area contributed by atoms with E-state index in [4.69, 9.17) is 13.7 Å². The number of hydrogen-bond acceptors (Lipinski definition) is 6. The van der Waals surface area contributed by atoms with Crippen LogP contribution < -0.4 is 9.50 Å². The van der Waals surface area contributed by atoms with Gasteiger partial charge in [0.2, 0.25) is 0 Å². The molecule has 0 saturated carbocycles. The first-order chi connectivity index (χ1) is 13.5. The van der Waals surface area contributed by atoms with Crippen LogP contribution in [0.25, 0.3) is 0 Å². The first kappa shape index (κ1) is 22.7. The molecule has 158 valence electrons. The highest BCUT2D eigenvalue weighted by atomic mass is 32.2. The summed E-state index contributed by atoms with van der Waals surface area (Å²) in [6, 6.07) is 13.0. The molecule has 1 N–H and O–H groups in total. The molecule has 0 heterocycles. The second-order valence-corrected chi connectivity index (χ2v) is 9.12. The summed E-state index contributed by atoms with van der Waals surface area (Å²) < 4.78 is 40.4. The molecular weight excluding hydrogens is 394 g/mol. The van der Waals surface area contributed by atoms with E-state index in [0.717, 1.165) is 11.1 Å². The molecule has 8 heteroatoms. The van der Waals surface area contributed by atoms with Crippen LogP contribution in [-0.4, -0.2) is 33.4 Å². The number of benzene rings is 2. The third kappa shape index (κ3) is 7.40. The van der Waals surface area contributed by atoms with E-state index in [-0.39, 0.29) is 10.6 Å². The minimum Gasteiger partial charge on any atom is -0.444 e. The van der Waals surface area contributed by atoms with Crippen LogP contribution in [-0.2, 0) is 26.0 Å². The van der Waals surface area contributed by atoms with E-state index < -0.39 is 28.0 Å². The van der Waals surface area contributed by atoms with Crippen LogP contribution >= 0.6 is 0 Å². The second kappa shape index (κ2) is 9.28. The molecule has 0 bridgehead atoms. The topological polar surface area (TPSA) is 90.9 Å². The van der Waals surface area contributed by atoms with Crippen LogP contribution in [0.3, 0.4) is 0 Å². The number of amides is 1. The molecule has 1 atom stereocenters. The van der Waals surface area contributed by atoms with Gasteiger partial charge in [-0.3, -0.25) is 5.32 Å². The summed E-state index contributed by atoms with van der Waals surface area (Å²) in [5.74, 6) is 0.198. The normalized spacial score (nSPS) is 12.9. The van der Waals surface area contributed by atoms with Crippen LogP contribution in [0.2, 0.25) is 0 Å². The highest BCUT2D eigenvalue weighted by molar-refractivity contribution is 7.87. The lowest BCUT2D eigenvalue weighted by Gasteiger charge is -2.23. The molecule has 2 rings (SSSR count). The lowest BCUT2D eigenvalue weighted by atomic mass is 10.1. The Morgan fingerprint density at radius 2 is 1.62 bits per heavy atom. The van der Waals surface area contributed by atoms with E-state index in [1.54, 1.807) is 57.2 Å². The van der Waals surface area contributed by atoms with Gasteiger partial charge in [-0.25, -0.2) is 4.79 Å². The summed E-state index contributed by atoms with van der Waals surface area (Å²) in [5, 5.41) is 2.64. The lowest BCUT2D eigenvalue weighted by Crippen LogP contribution is -2.41. The van der Waals surface area contributed by atoms with Crippen LogP contribution in [0.5, 0.6) is 5.75 Å². The van der Waals surface area contributed by atoms with Gasteiger partial charge in [-0.1, -0.05) is 29.8 Å². The van der Waals surface area contributed by atoms with Gasteiger partial charge in [-0.05, 0) is 57.5 Å². The minimum atomic E-state index is -3.90. The predicted octanol–water partition coefficient (Wildman–Crippen LogP) is 3.80. The summed E-state index contributed by atoms with van der Waals surface area (Å²) in [6.45, 7) is 7.20. The zero-order valence-electron chi connectivity index (χ0n) is 17.3. The first-order valence-corrected chi connectivity index (χ1v) is 10.5. The van der Waals surface area contributed by atoms with Gasteiger partial charge in [0.15, 0.2) is 0 Å². The summed E-state index contributed by atoms with van der Waals surface area (Å²) in [5.41, 5.74) is 1.18.